The summed E-state index contributed by atoms with van der Waals surface area (Å²) in [7, 11) is 1.26. The van der Waals surface area contributed by atoms with E-state index in [4.69, 9.17) is 4.74 Å². The average molecular weight is 240 g/mol. The topological polar surface area (TPSA) is 91.6 Å². The van der Waals surface area contributed by atoms with E-state index in [-0.39, 0.29) is 24.6 Å². The third-order valence-corrected chi connectivity index (χ3v) is 1.93. The molecule has 0 amide bonds. The Hall–Kier alpha value is -2.18. The van der Waals surface area contributed by atoms with Gasteiger partial charge in [-0.2, -0.15) is 0 Å². The Labute approximate surface area is 97.5 Å². The first-order valence-electron chi connectivity index (χ1n) is 4.92. The standard InChI is InChI=1S/C10H12N2O5/c1-3-17-10-8(12(14)15)5-4-7(11-10)6-9(13)16-2/h4-5H,3,6H2,1-2H3. The molecule has 0 spiro atoms. The number of methoxy groups -OCH3 is 1. The molecular formula is C10H12N2O5. The lowest BCUT2D eigenvalue weighted by Gasteiger charge is -2.05. The summed E-state index contributed by atoms with van der Waals surface area (Å²) >= 11 is 0. The number of esters is 1. The fraction of sp³-hybridized carbons (Fsp3) is 0.400. The third-order valence-electron chi connectivity index (χ3n) is 1.93. The van der Waals surface area contributed by atoms with E-state index in [2.05, 4.69) is 9.72 Å². The van der Waals surface area contributed by atoms with Gasteiger partial charge in [0.1, 0.15) is 0 Å². The molecule has 0 aliphatic carbocycles. The molecule has 0 aliphatic rings. The molecule has 0 fully saturated rings. The van der Waals surface area contributed by atoms with Crippen molar-refractivity contribution in [2.24, 2.45) is 0 Å². The summed E-state index contributed by atoms with van der Waals surface area (Å²) in [6, 6.07) is 2.66. The number of carbonyl (C=O) groups is 1. The fourth-order valence-electron chi connectivity index (χ4n) is 1.17. The number of pyridine rings is 1. The second-order valence-corrected chi connectivity index (χ2v) is 3.07. The van der Waals surface area contributed by atoms with E-state index in [1.807, 2.05) is 0 Å². The van der Waals surface area contributed by atoms with Crippen molar-refractivity contribution in [2.75, 3.05) is 13.7 Å². The first-order chi connectivity index (χ1) is 8.08. The molecule has 92 valence electrons. The van der Waals surface area contributed by atoms with Crippen LogP contribution in [0.1, 0.15) is 12.6 Å². The van der Waals surface area contributed by atoms with E-state index in [1.54, 1.807) is 6.92 Å². The van der Waals surface area contributed by atoms with Crippen molar-refractivity contribution < 1.29 is 19.2 Å². The molecule has 0 aliphatic heterocycles. The monoisotopic (exact) mass is 240 g/mol. The minimum atomic E-state index is -0.583. The molecule has 0 saturated heterocycles. The van der Waals surface area contributed by atoms with E-state index in [0.29, 0.717) is 5.69 Å². The Balaban J connectivity index is 3.00. The maximum absolute atomic E-state index is 11.0. The number of hydrogen-bond acceptors (Lipinski definition) is 6. The predicted molar refractivity (Wildman–Crippen MR) is 57.8 cm³/mol. The highest BCUT2D eigenvalue weighted by Gasteiger charge is 2.18. The Kier molecular flexibility index (Phi) is 4.38. The van der Waals surface area contributed by atoms with Gasteiger partial charge in [-0.3, -0.25) is 14.9 Å². The zero-order chi connectivity index (χ0) is 12.8. The smallest absolute Gasteiger partial charge is 0.330 e. The Morgan fingerprint density at radius 1 is 1.53 bits per heavy atom. The predicted octanol–water partition coefficient (Wildman–Crippen LogP) is 1.10. The third kappa shape index (κ3) is 3.40. The molecule has 0 aromatic carbocycles. The maximum Gasteiger partial charge on any atom is 0.330 e. The molecule has 7 nitrogen and oxygen atoms in total. The van der Waals surface area contributed by atoms with Gasteiger partial charge in [0, 0.05) is 6.07 Å². The molecule has 0 atom stereocenters. The van der Waals surface area contributed by atoms with Crippen LogP contribution in [0.15, 0.2) is 12.1 Å². The second-order valence-electron chi connectivity index (χ2n) is 3.07. The van der Waals surface area contributed by atoms with Gasteiger partial charge in [0.15, 0.2) is 0 Å². The molecule has 7 heteroatoms. The summed E-state index contributed by atoms with van der Waals surface area (Å²) in [5.41, 5.74) is 0.145. The molecular weight excluding hydrogens is 228 g/mol. The highest BCUT2D eigenvalue weighted by Crippen LogP contribution is 2.24. The first kappa shape index (κ1) is 12.9. The Morgan fingerprint density at radius 3 is 2.76 bits per heavy atom. The van der Waals surface area contributed by atoms with Crippen LogP contribution in [0.25, 0.3) is 0 Å². The number of ether oxygens (including phenoxy) is 2. The van der Waals surface area contributed by atoms with Crippen LogP contribution in [0, 0.1) is 10.1 Å². The first-order valence-corrected chi connectivity index (χ1v) is 4.92. The lowest BCUT2D eigenvalue weighted by atomic mass is 10.2. The second kappa shape index (κ2) is 5.78. The van der Waals surface area contributed by atoms with Crippen LogP contribution in [0.3, 0.4) is 0 Å². The largest absolute Gasteiger partial charge is 0.473 e. The quantitative estimate of drug-likeness (QED) is 0.435. The number of nitrogens with zero attached hydrogens (tertiary/aromatic N) is 2. The van der Waals surface area contributed by atoms with Gasteiger partial charge >= 0.3 is 11.7 Å². The van der Waals surface area contributed by atoms with Gasteiger partial charge in [-0.25, -0.2) is 4.98 Å². The molecule has 0 radical (unpaired) electrons. The van der Waals surface area contributed by atoms with Gasteiger partial charge in [0.25, 0.3) is 5.88 Å². The van der Waals surface area contributed by atoms with Crippen LogP contribution in [-0.2, 0) is 16.0 Å². The summed E-state index contributed by atoms with van der Waals surface area (Å²) in [5, 5.41) is 10.7. The van der Waals surface area contributed by atoms with Crippen LogP contribution in [-0.4, -0.2) is 29.6 Å². The lowest BCUT2D eigenvalue weighted by molar-refractivity contribution is -0.386. The van der Waals surface area contributed by atoms with E-state index < -0.39 is 10.9 Å². The van der Waals surface area contributed by atoms with E-state index in [1.165, 1.54) is 19.2 Å². The van der Waals surface area contributed by atoms with Gasteiger partial charge in [-0.15, -0.1) is 0 Å². The van der Waals surface area contributed by atoms with E-state index >= 15 is 0 Å². The summed E-state index contributed by atoms with van der Waals surface area (Å²) < 4.78 is 9.53. The molecule has 1 aromatic rings. The Bertz CT molecular complexity index is 433. The molecule has 1 rings (SSSR count). The molecule has 1 aromatic heterocycles. The van der Waals surface area contributed by atoms with Crippen LogP contribution in [0.2, 0.25) is 0 Å². The number of carbonyl (C=O) groups excluding carboxylic acids is 1. The summed E-state index contributed by atoms with van der Waals surface area (Å²) in [5.74, 6) is -0.548. The van der Waals surface area contributed by atoms with Crippen LogP contribution < -0.4 is 4.74 Å². The average Bonchev–Trinajstić information content (AvgIpc) is 2.29. The zero-order valence-electron chi connectivity index (χ0n) is 9.50. The summed E-state index contributed by atoms with van der Waals surface area (Å²) in [6.45, 7) is 1.95. The van der Waals surface area contributed by atoms with Crippen molar-refractivity contribution in [3.63, 3.8) is 0 Å². The van der Waals surface area contributed by atoms with Crippen molar-refractivity contribution in [1.29, 1.82) is 0 Å². The van der Waals surface area contributed by atoms with Gasteiger partial charge in [0.2, 0.25) is 0 Å². The minimum Gasteiger partial charge on any atom is -0.473 e. The van der Waals surface area contributed by atoms with Gasteiger partial charge < -0.3 is 9.47 Å². The molecule has 0 saturated carbocycles. The van der Waals surface area contributed by atoms with Gasteiger partial charge in [-0.1, -0.05) is 0 Å². The SMILES string of the molecule is CCOc1nc(CC(=O)OC)ccc1[N+](=O)[O-]. The fourth-order valence-corrected chi connectivity index (χ4v) is 1.17. The van der Waals surface area contributed by atoms with Crippen molar-refractivity contribution in [2.45, 2.75) is 13.3 Å². The van der Waals surface area contributed by atoms with Crippen molar-refractivity contribution >= 4 is 11.7 Å². The number of rotatable bonds is 5. The Morgan fingerprint density at radius 2 is 2.24 bits per heavy atom. The summed E-state index contributed by atoms with van der Waals surface area (Å²) in [4.78, 5) is 25.0. The molecule has 0 bridgehead atoms. The highest BCUT2D eigenvalue weighted by atomic mass is 16.6. The summed E-state index contributed by atoms with van der Waals surface area (Å²) in [6.07, 6.45) is -0.0471. The number of hydrogen-bond donors (Lipinski definition) is 0. The highest BCUT2D eigenvalue weighted by molar-refractivity contribution is 5.72. The van der Waals surface area contributed by atoms with Crippen molar-refractivity contribution in [3.05, 3.63) is 27.9 Å². The van der Waals surface area contributed by atoms with Crippen LogP contribution >= 0.6 is 0 Å². The van der Waals surface area contributed by atoms with Gasteiger partial charge in [0.05, 0.1) is 30.8 Å². The van der Waals surface area contributed by atoms with Crippen molar-refractivity contribution in [3.8, 4) is 5.88 Å². The molecule has 0 unspecified atom stereocenters. The van der Waals surface area contributed by atoms with Crippen LogP contribution in [0.5, 0.6) is 5.88 Å². The molecule has 0 N–H and O–H groups in total. The number of aromatic nitrogens is 1. The van der Waals surface area contributed by atoms with Crippen LogP contribution in [0.4, 0.5) is 5.69 Å². The zero-order valence-corrected chi connectivity index (χ0v) is 9.50. The van der Waals surface area contributed by atoms with Gasteiger partial charge in [-0.05, 0) is 13.0 Å². The minimum absolute atomic E-state index is 0.0471. The molecule has 17 heavy (non-hydrogen) atoms. The van der Waals surface area contributed by atoms with E-state index in [9.17, 15) is 14.9 Å². The molecule has 1 heterocycles. The number of nitro groups is 1. The maximum atomic E-state index is 11.0. The van der Waals surface area contributed by atoms with Crippen molar-refractivity contribution in [1.82, 2.24) is 4.98 Å². The lowest BCUT2D eigenvalue weighted by Crippen LogP contribution is -2.08. The van der Waals surface area contributed by atoms with E-state index in [0.717, 1.165) is 0 Å². The normalized spacial score (nSPS) is 9.76.